The second kappa shape index (κ2) is 13.2. The van der Waals surface area contributed by atoms with Crippen molar-refractivity contribution in [3.63, 3.8) is 0 Å². The highest BCUT2D eigenvalue weighted by Crippen LogP contribution is 2.37. The molecule has 0 unspecified atom stereocenters. The fourth-order valence-electron chi connectivity index (χ4n) is 3.43. The molecule has 0 fully saturated rings. The molecule has 0 spiro atoms. The van der Waals surface area contributed by atoms with E-state index in [4.69, 9.17) is 25.8 Å². The van der Waals surface area contributed by atoms with Crippen LogP contribution in [0.25, 0.3) is 0 Å². The van der Waals surface area contributed by atoms with Gasteiger partial charge in [0.2, 0.25) is 0 Å². The molecule has 2 aromatic rings. The Kier molecular flexibility index (Phi) is 11.0. The van der Waals surface area contributed by atoms with Gasteiger partial charge in [-0.3, -0.25) is 0 Å². The number of carbonyl (C=O) groups is 1. The van der Waals surface area contributed by atoms with E-state index in [-0.39, 0.29) is 13.4 Å². The van der Waals surface area contributed by atoms with Crippen LogP contribution in [0.1, 0.15) is 44.7 Å². The zero-order valence-corrected chi connectivity index (χ0v) is 22.7. The first-order valence-corrected chi connectivity index (χ1v) is 12.6. The van der Waals surface area contributed by atoms with Crippen LogP contribution in [0.4, 0.5) is 4.79 Å². The fourth-order valence-corrected chi connectivity index (χ4v) is 4.81. The molecule has 0 saturated carbocycles. The Balaban J connectivity index is 2.15. The standard InChI is InChI=1S/C27H36ClNO5S/c1-7-13-27(17-30,29-25(31)34-26(3,4)5)14-12-20-9-10-21(16-22(20)28)35-24-15-19(2)8-11-23(24)33-18-32-6/h7-11,15-16,30H,1,12-14,17-18H2,2-6H3,(H,29,31)/t27-/m0/s1. The molecule has 2 aromatic carbocycles. The minimum absolute atomic E-state index is 0.172. The maximum absolute atomic E-state index is 12.4. The molecular weight excluding hydrogens is 486 g/mol. The van der Waals surface area contributed by atoms with Crippen molar-refractivity contribution < 1.29 is 24.1 Å². The summed E-state index contributed by atoms with van der Waals surface area (Å²) in [7, 11) is 1.59. The summed E-state index contributed by atoms with van der Waals surface area (Å²) in [6.45, 7) is 11.1. The van der Waals surface area contributed by atoms with Crippen molar-refractivity contribution >= 4 is 29.5 Å². The zero-order valence-electron chi connectivity index (χ0n) is 21.2. The van der Waals surface area contributed by atoms with Gasteiger partial charge >= 0.3 is 6.09 Å². The Morgan fingerprint density at radius 3 is 2.57 bits per heavy atom. The van der Waals surface area contributed by atoms with Gasteiger partial charge in [0.25, 0.3) is 0 Å². The Hall–Kier alpha value is -2.19. The number of carbonyl (C=O) groups excluding carboxylic acids is 1. The molecule has 1 amide bonds. The highest BCUT2D eigenvalue weighted by atomic mass is 35.5. The maximum Gasteiger partial charge on any atom is 0.408 e. The molecule has 8 heteroatoms. The van der Waals surface area contributed by atoms with Crippen LogP contribution in [-0.4, -0.2) is 42.8 Å². The Morgan fingerprint density at radius 1 is 1.23 bits per heavy atom. The molecule has 0 saturated heterocycles. The number of methoxy groups -OCH3 is 1. The normalized spacial score (nSPS) is 13.1. The van der Waals surface area contributed by atoms with Gasteiger partial charge < -0.3 is 24.6 Å². The fraction of sp³-hybridized carbons (Fsp3) is 0.444. The number of aliphatic hydroxyl groups is 1. The molecule has 192 valence electrons. The molecule has 0 aromatic heterocycles. The molecule has 0 aliphatic rings. The molecule has 6 nitrogen and oxygen atoms in total. The predicted molar refractivity (Wildman–Crippen MR) is 142 cm³/mol. The van der Waals surface area contributed by atoms with E-state index in [9.17, 15) is 9.90 Å². The van der Waals surface area contributed by atoms with Gasteiger partial charge in [0, 0.05) is 17.0 Å². The van der Waals surface area contributed by atoms with E-state index in [2.05, 4.69) is 18.0 Å². The summed E-state index contributed by atoms with van der Waals surface area (Å²) in [4.78, 5) is 14.3. The predicted octanol–water partition coefficient (Wildman–Crippen LogP) is 6.55. The summed E-state index contributed by atoms with van der Waals surface area (Å²) in [6, 6.07) is 11.9. The van der Waals surface area contributed by atoms with Crippen molar-refractivity contribution in [3.8, 4) is 5.75 Å². The van der Waals surface area contributed by atoms with Crippen LogP contribution >= 0.6 is 23.4 Å². The summed E-state index contributed by atoms with van der Waals surface area (Å²) in [5.41, 5.74) is 0.516. The van der Waals surface area contributed by atoms with Crippen LogP contribution in [0.2, 0.25) is 5.02 Å². The van der Waals surface area contributed by atoms with Crippen LogP contribution in [0.5, 0.6) is 5.75 Å². The molecule has 0 aliphatic heterocycles. The van der Waals surface area contributed by atoms with Crippen LogP contribution in [-0.2, 0) is 15.9 Å². The van der Waals surface area contributed by atoms with Crippen molar-refractivity contribution in [2.45, 2.75) is 67.9 Å². The second-order valence-corrected chi connectivity index (χ2v) is 10.9. The number of aliphatic hydroxyl groups excluding tert-OH is 1. The Labute approximate surface area is 218 Å². The van der Waals surface area contributed by atoms with E-state index in [1.54, 1.807) is 45.7 Å². The topological polar surface area (TPSA) is 77.0 Å². The highest BCUT2D eigenvalue weighted by molar-refractivity contribution is 7.99. The van der Waals surface area contributed by atoms with Gasteiger partial charge in [-0.1, -0.05) is 41.6 Å². The van der Waals surface area contributed by atoms with Gasteiger partial charge in [0.15, 0.2) is 6.79 Å². The first-order chi connectivity index (χ1) is 16.5. The van der Waals surface area contributed by atoms with Crippen LogP contribution < -0.4 is 10.1 Å². The third-order valence-corrected chi connectivity index (χ3v) is 6.54. The second-order valence-electron chi connectivity index (χ2n) is 9.41. The Morgan fingerprint density at radius 2 is 1.97 bits per heavy atom. The van der Waals surface area contributed by atoms with Gasteiger partial charge in [-0.2, -0.15) is 0 Å². The monoisotopic (exact) mass is 521 g/mol. The number of hydrogen-bond acceptors (Lipinski definition) is 6. The smallest absolute Gasteiger partial charge is 0.408 e. The van der Waals surface area contributed by atoms with E-state index in [1.807, 2.05) is 37.3 Å². The number of hydrogen-bond donors (Lipinski definition) is 2. The number of nitrogens with one attached hydrogen (secondary N) is 1. The number of aryl methyl sites for hydroxylation is 2. The third kappa shape index (κ3) is 9.41. The lowest BCUT2D eigenvalue weighted by atomic mass is 9.88. The van der Waals surface area contributed by atoms with E-state index in [1.165, 1.54) is 0 Å². The van der Waals surface area contributed by atoms with Crippen LogP contribution in [0.15, 0.2) is 58.8 Å². The largest absolute Gasteiger partial charge is 0.466 e. The summed E-state index contributed by atoms with van der Waals surface area (Å²) in [6.07, 6.45) is 2.52. The number of ether oxygens (including phenoxy) is 3. The summed E-state index contributed by atoms with van der Waals surface area (Å²) in [5, 5.41) is 13.6. The molecule has 0 aliphatic carbocycles. The van der Waals surface area contributed by atoms with Crippen LogP contribution in [0, 0.1) is 6.92 Å². The molecule has 2 rings (SSSR count). The van der Waals surface area contributed by atoms with Crippen molar-refractivity contribution in [3.05, 3.63) is 65.2 Å². The minimum atomic E-state index is -0.893. The van der Waals surface area contributed by atoms with E-state index < -0.39 is 17.2 Å². The molecule has 0 radical (unpaired) electrons. The lowest BCUT2D eigenvalue weighted by Crippen LogP contribution is -2.52. The van der Waals surface area contributed by atoms with Gasteiger partial charge in [-0.15, -0.1) is 6.58 Å². The van der Waals surface area contributed by atoms with E-state index in [0.29, 0.717) is 24.3 Å². The van der Waals surface area contributed by atoms with Crippen molar-refractivity contribution in [1.82, 2.24) is 5.32 Å². The van der Waals surface area contributed by atoms with Crippen molar-refractivity contribution in [2.24, 2.45) is 0 Å². The SMILES string of the molecule is C=CC[C@@](CO)(CCc1ccc(Sc2cc(C)ccc2OCOC)cc1Cl)NC(=O)OC(C)(C)C. The number of amides is 1. The maximum atomic E-state index is 12.4. The Bertz CT molecular complexity index is 1010. The minimum Gasteiger partial charge on any atom is -0.466 e. The van der Waals surface area contributed by atoms with Gasteiger partial charge in [0.05, 0.1) is 17.0 Å². The molecule has 0 heterocycles. The number of alkyl carbamates (subject to hydrolysis) is 1. The first-order valence-electron chi connectivity index (χ1n) is 11.4. The molecule has 2 N–H and O–H groups in total. The van der Waals surface area contributed by atoms with Crippen molar-refractivity contribution in [2.75, 3.05) is 20.5 Å². The van der Waals surface area contributed by atoms with E-state index in [0.717, 1.165) is 26.7 Å². The number of halogens is 1. The highest BCUT2D eigenvalue weighted by Gasteiger charge is 2.32. The molecule has 1 atom stereocenters. The van der Waals surface area contributed by atoms with Gasteiger partial charge in [-0.25, -0.2) is 4.79 Å². The van der Waals surface area contributed by atoms with Crippen LogP contribution in [0.3, 0.4) is 0 Å². The number of rotatable bonds is 12. The summed E-state index contributed by atoms with van der Waals surface area (Å²) < 4.78 is 16.1. The lowest BCUT2D eigenvalue weighted by Gasteiger charge is -2.33. The first kappa shape index (κ1) is 29.0. The number of benzene rings is 2. The average molecular weight is 522 g/mol. The quantitative estimate of drug-likeness (QED) is 0.244. The van der Waals surface area contributed by atoms with E-state index >= 15 is 0 Å². The third-order valence-electron chi connectivity index (χ3n) is 5.16. The molecule has 35 heavy (non-hydrogen) atoms. The molecular formula is C27H36ClNO5S. The van der Waals surface area contributed by atoms with Gasteiger partial charge in [-0.05, 0) is 82.3 Å². The zero-order chi connectivity index (χ0) is 26.1. The average Bonchev–Trinajstić information content (AvgIpc) is 2.76. The summed E-state index contributed by atoms with van der Waals surface area (Å²) in [5.74, 6) is 0.744. The molecule has 0 bridgehead atoms. The lowest BCUT2D eigenvalue weighted by molar-refractivity contribution is 0.0389. The van der Waals surface area contributed by atoms with Crippen molar-refractivity contribution in [1.29, 1.82) is 0 Å². The van der Waals surface area contributed by atoms with Gasteiger partial charge in [0.1, 0.15) is 11.4 Å². The summed E-state index contributed by atoms with van der Waals surface area (Å²) >= 11 is 8.19.